The SMILES string of the molecule is Cc1cc(-c2n[nH]c3c(F)c(NC(=O)N[C@H](C)c4ccc(F)cc4)ncc23)ccn1. The number of urea groups is 1. The van der Waals surface area contributed by atoms with Gasteiger partial charge < -0.3 is 5.32 Å². The summed E-state index contributed by atoms with van der Waals surface area (Å²) in [6.07, 6.45) is 3.10. The summed E-state index contributed by atoms with van der Waals surface area (Å²) in [5.74, 6) is -1.31. The largest absolute Gasteiger partial charge is 0.331 e. The van der Waals surface area contributed by atoms with Crippen LogP contribution in [0.4, 0.5) is 19.4 Å². The van der Waals surface area contributed by atoms with Crippen LogP contribution in [0.2, 0.25) is 0 Å². The van der Waals surface area contributed by atoms with Crippen LogP contribution in [0.3, 0.4) is 0 Å². The second kappa shape index (κ2) is 7.86. The van der Waals surface area contributed by atoms with E-state index in [-0.39, 0.29) is 17.2 Å². The maximum absolute atomic E-state index is 14.9. The first-order valence-electron chi connectivity index (χ1n) is 9.21. The topological polar surface area (TPSA) is 95.6 Å². The minimum Gasteiger partial charge on any atom is -0.331 e. The molecular weight excluding hydrogens is 390 g/mol. The average molecular weight is 408 g/mol. The third kappa shape index (κ3) is 3.82. The molecule has 0 unspecified atom stereocenters. The number of carbonyl (C=O) groups excluding carboxylic acids is 1. The number of fused-ring (bicyclic) bond motifs is 1. The molecule has 0 saturated carbocycles. The van der Waals surface area contributed by atoms with Crippen LogP contribution in [0, 0.1) is 18.6 Å². The zero-order valence-corrected chi connectivity index (χ0v) is 16.2. The second-order valence-electron chi connectivity index (χ2n) is 6.84. The molecule has 0 aliphatic rings. The predicted molar refractivity (Wildman–Crippen MR) is 109 cm³/mol. The van der Waals surface area contributed by atoms with Crippen LogP contribution >= 0.6 is 0 Å². The van der Waals surface area contributed by atoms with Crippen molar-refractivity contribution in [3.8, 4) is 11.3 Å². The smallest absolute Gasteiger partial charge is 0.320 e. The molecule has 30 heavy (non-hydrogen) atoms. The van der Waals surface area contributed by atoms with Gasteiger partial charge in [-0.05, 0) is 43.7 Å². The first-order valence-corrected chi connectivity index (χ1v) is 9.21. The van der Waals surface area contributed by atoms with E-state index in [9.17, 15) is 13.6 Å². The fourth-order valence-corrected chi connectivity index (χ4v) is 3.12. The van der Waals surface area contributed by atoms with E-state index in [1.807, 2.05) is 13.0 Å². The number of hydrogen-bond acceptors (Lipinski definition) is 4. The number of carbonyl (C=O) groups is 1. The molecule has 1 aromatic carbocycles. The fraction of sp³-hybridized carbons (Fsp3) is 0.143. The molecule has 0 saturated heterocycles. The van der Waals surface area contributed by atoms with Crippen molar-refractivity contribution < 1.29 is 13.6 Å². The van der Waals surface area contributed by atoms with Gasteiger partial charge in [-0.15, -0.1) is 0 Å². The molecule has 3 aromatic heterocycles. The molecule has 2 amide bonds. The summed E-state index contributed by atoms with van der Waals surface area (Å²) in [6, 6.07) is 8.31. The Balaban J connectivity index is 1.54. The molecule has 3 heterocycles. The van der Waals surface area contributed by atoms with Crippen LogP contribution in [0.25, 0.3) is 22.2 Å². The van der Waals surface area contributed by atoms with Gasteiger partial charge in [0.2, 0.25) is 0 Å². The molecule has 152 valence electrons. The van der Waals surface area contributed by atoms with Crippen LogP contribution in [0.15, 0.2) is 48.8 Å². The van der Waals surface area contributed by atoms with Crippen LogP contribution < -0.4 is 10.6 Å². The van der Waals surface area contributed by atoms with Crippen molar-refractivity contribution in [3.05, 3.63) is 71.7 Å². The van der Waals surface area contributed by atoms with E-state index < -0.39 is 17.9 Å². The highest BCUT2D eigenvalue weighted by molar-refractivity contribution is 5.96. The van der Waals surface area contributed by atoms with Crippen molar-refractivity contribution >= 4 is 22.8 Å². The van der Waals surface area contributed by atoms with E-state index in [1.165, 1.54) is 18.3 Å². The molecule has 0 bridgehead atoms. The lowest BCUT2D eigenvalue weighted by atomic mass is 10.1. The van der Waals surface area contributed by atoms with Gasteiger partial charge in [0.25, 0.3) is 0 Å². The van der Waals surface area contributed by atoms with Crippen molar-refractivity contribution in [2.45, 2.75) is 19.9 Å². The van der Waals surface area contributed by atoms with Gasteiger partial charge in [0.05, 0.1) is 6.04 Å². The molecule has 7 nitrogen and oxygen atoms in total. The Kier molecular flexibility index (Phi) is 5.09. The van der Waals surface area contributed by atoms with Gasteiger partial charge in [-0.1, -0.05) is 12.1 Å². The van der Waals surface area contributed by atoms with Gasteiger partial charge >= 0.3 is 6.03 Å². The highest BCUT2D eigenvalue weighted by Gasteiger charge is 2.18. The monoisotopic (exact) mass is 408 g/mol. The molecule has 0 aliphatic carbocycles. The van der Waals surface area contributed by atoms with E-state index in [4.69, 9.17) is 0 Å². The van der Waals surface area contributed by atoms with E-state index in [0.29, 0.717) is 16.6 Å². The molecular formula is C21H18F2N6O. The summed E-state index contributed by atoms with van der Waals surface area (Å²) in [5, 5.41) is 12.4. The number of anilines is 1. The normalized spacial score (nSPS) is 12.0. The maximum atomic E-state index is 14.9. The number of H-pyrrole nitrogens is 1. The predicted octanol–water partition coefficient (Wildman–Crippen LogP) is 4.49. The molecule has 0 aliphatic heterocycles. The second-order valence-corrected chi connectivity index (χ2v) is 6.84. The maximum Gasteiger partial charge on any atom is 0.320 e. The van der Waals surface area contributed by atoms with Crippen LogP contribution in [0.5, 0.6) is 0 Å². The van der Waals surface area contributed by atoms with Crippen molar-refractivity contribution in [2.24, 2.45) is 0 Å². The molecule has 4 aromatic rings. The number of aromatic nitrogens is 4. The minimum atomic E-state index is -0.721. The molecule has 1 atom stereocenters. The first kappa shape index (κ1) is 19.4. The lowest BCUT2D eigenvalue weighted by Gasteiger charge is -2.15. The first-order chi connectivity index (χ1) is 14.4. The Morgan fingerprint density at radius 3 is 2.63 bits per heavy atom. The average Bonchev–Trinajstić information content (AvgIpc) is 3.15. The number of benzene rings is 1. The van der Waals surface area contributed by atoms with Gasteiger partial charge in [-0.3, -0.25) is 15.4 Å². The molecule has 9 heteroatoms. The summed E-state index contributed by atoms with van der Waals surface area (Å²) >= 11 is 0. The Bertz CT molecular complexity index is 1220. The van der Waals surface area contributed by atoms with Gasteiger partial charge in [0.15, 0.2) is 11.6 Å². The quantitative estimate of drug-likeness (QED) is 0.464. The van der Waals surface area contributed by atoms with Crippen LogP contribution in [-0.2, 0) is 0 Å². The summed E-state index contributed by atoms with van der Waals surface area (Å²) in [4.78, 5) is 20.5. The lowest BCUT2D eigenvalue weighted by Crippen LogP contribution is -2.31. The molecule has 0 radical (unpaired) electrons. The third-order valence-electron chi connectivity index (χ3n) is 4.67. The van der Waals surface area contributed by atoms with Gasteiger partial charge in [0.1, 0.15) is 17.0 Å². The van der Waals surface area contributed by atoms with Crippen LogP contribution in [-0.4, -0.2) is 26.2 Å². The molecule has 0 spiro atoms. The highest BCUT2D eigenvalue weighted by Crippen LogP contribution is 2.29. The van der Waals surface area contributed by atoms with E-state index in [0.717, 1.165) is 11.3 Å². The number of hydrogen-bond donors (Lipinski definition) is 3. The Hall–Kier alpha value is -3.88. The van der Waals surface area contributed by atoms with Crippen molar-refractivity contribution in [3.63, 3.8) is 0 Å². The number of aryl methyl sites for hydroxylation is 1. The standard InChI is InChI=1S/C21H18F2N6O/c1-11-9-14(7-8-24-11)18-16-10-25-20(17(23)19(16)29-28-18)27-21(30)26-12(2)13-3-5-15(22)6-4-13/h3-10,12H,1-2H3,(H,28,29)(H2,25,26,27,30)/t12-/m1/s1. The van der Waals surface area contributed by atoms with Gasteiger partial charge in [-0.2, -0.15) is 5.10 Å². The highest BCUT2D eigenvalue weighted by atomic mass is 19.1. The van der Waals surface area contributed by atoms with E-state index >= 15 is 0 Å². The summed E-state index contributed by atoms with van der Waals surface area (Å²) < 4.78 is 28.0. The summed E-state index contributed by atoms with van der Waals surface area (Å²) in [7, 11) is 0. The van der Waals surface area contributed by atoms with Crippen molar-refractivity contribution in [1.29, 1.82) is 0 Å². The number of halogens is 2. The fourth-order valence-electron chi connectivity index (χ4n) is 3.12. The number of amides is 2. The van der Waals surface area contributed by atoms with E-state index in [1.54, 1.807) is 31.3 Å². The summed E-state index contributed by atoms with van der Waals surface area (Å²) in [6.45, 7) is 3.59. The van der Waals surface area contributed by atoms with Crippen LogP contribution in [0.1, 0.15) is 24.2 Å². The Morgan fingerprint density at radius 2 is 1.90 bits per heavy atom. The number of rotatable bonds is 4. The number of nitrogens with zero attached hydrogens (tertiary/aromatic N) is 3. The number of pyridine rings is 2. The Morgan fingerprint density at radius 1 is 1.13 bits per heavy atom. The number of aromatic amines is 1. The number of nitrogens with one attached hydrogen (secondary N) is 3. The summed E-state index contributed by atoms with van der Waals surface area (Å²) in [5.41, 5.74) is 2.98. The van der Waals surface area contributed by atoms with Crippen molar-refractivity contribution in [2.75, 3.05) is 5.32 Å². The molecule has 0 fully saturated rings. The third-order valence-corrected chi connectivity index (χ3v) is 4.67. The zero-order valence-electron chi connectivity index (χ0n) is 16.2. The molecule has 3 N–H and O–H groups in total. The van der Waals surface area contributed by atoms with Crippen molar-refractivity contribution in [1.82, 2.24) is 25.5 Å². The van der Waals surface area contributed by atoms with Gasteiger partial charge in [-0.25, -0.2) is 18.6 Å². The molecule has 4 rings (SSSR count). The lowest BCUT2D eigenvalue weighted by molar-refractivity contribution is 0.249. The van der Waals surface area contributed by atoms with E-state index in [2.05, 4.69) is 30.8 Å². The minimum absolute atomic E-state index is 0.136. The Labute approximate surface area is 170 Å². The van der Waals surface area contributed by atoms with Gasteiger partial charge in [0, 0.05) is 29.0 Å². The zero-order chi connectivity index (χ0) is 21.3.